The van der Waals surface area contributed by atoms with Gasteiger partial charge in [0.1, 0.15) is 6.61 Å². The molecule has 1 N–H and O–H groups in total. The van der Waals surface area contributed by atoms with Gasteiger partial charge in [-0.1, -0.05) is 6.58 Å². The Bertz CT molecular complexity index is 246. The van der Waals surface area contributed by atoms with Crippen molar-refractivity contribution in [1.82, 2.24) is 9.97 Å². The van der Waals surface area contributed by atoms with Crippen LogP contribution in [0.4, 0.5) is 0 Å². The molecule has 0 aromatic carbocycles. The highest BCUT2D eigenvalue weighted by atomic mass is 16.5. The molecule has 0 amide bonds. The highest BCUT2D eigenvalue weighted by Crippen LogP contribution is 2.05. The SMILES string of the molecule is C=Cc1ncc(OCCO)cn1. The minimum Gasteiger partial charge on any atom is -0.488 e. The van der Waals surface area contributed by atoms with Gasteiger partial charge in [0, 0.05) is 0 Å². The molecule has 1 rings (SSSR count). The van der Waals surface area contributed by atoms with E-state index in [1.165, 1.54) is 0 Å². The van der Waals surface area contributed by atoms with E-state index in [0.717, 1.165) is 0 Å². The Kier molecular flexibility index (Phi) is 3.22. The van der Waals surface area contributed by atoms with Gasteiger partial charge in [-0.3, -0.25) is 0 Å². The minimum atomic E-state index is -0.0107. The number of aliphatic hydroxyl groups excluding tert-OH is 1. The lowest BCUT2D eigenvalue weighted by molar-refractivity contribution is 0.200. The van der Waals surface area contributed by atoms with Crippen molar-refractivity contribution in [3.05, 3.63) is 24.8 Å². The van der Waals surface area contributed by atoms with Gasteiger partial charge in [0.05, 0.1) is 19.0 Å². The molecule has 0 spiro atoms. The van der Waals surface area contributed by atoms with Gasteiger partial charge in [0.25, 0.3) is 0 Å². The number of nitrogens with zero attached hydrogens (tertiary/aromatic N) is 2. The van der Waals surface area contributed by atoms with E-state index >= 15 is 0 Å². The molecule has 0 unspecified atom stereocenters. The molecule has 0 fully saturated rings. The largest absolute Gasteiger partial charge is 0.488 e. The summed E-state index contributed by atoms with van der Waals surface area (Å²) >= 11 is 0. The third-order valence-corrected chi connectivity index (χ3v) is 1.19. The number of hydrogen-bond donors (Lipinski definition) is 1. The second-order valence-electron chi connectivity index (χ2n) is 2.05. The Morgan fingerprint density at radius 3 is 2.67 bits per heavy atom. The molecule has 0 aliphatic heterocycles. The van der Waals surface area contributed by atoms with Crippen molar-refractivity contribution in [2.45, 2.75) is 0 Å². The van der Waals surface area contributed by atoms with Crippen molar-refractivity contribution in [1.29, 1.82) is 0 Å². The van der Waals surface area contributed by atoms with Crippen LogP contribution in [0, 0.1) is 0 Å². The third kappa shape index (κ3) is 2.32. The summed E-state index contributed by atoms with van der Waals surface area (Å²) in [4.78, 5) is 7.83. The van der Waals surface area contributed by atoms with Gasteiger partial charge in [0.15, 0.2) is 11.6 Å². The average Bonchev–Trinajstić information content (AvgIpc) is 2.15. The molecule has 1 aromatic heterocycles. The van der Waals surface area contributed by atoms with Crippen molar-refractivity contribution in [2.75, 3.05) is 13.2 Å². The van der Waals surface area contributed by atoms with Crippen molar-refractivity contribution in [2.24, 2.45) is 0 Å². The summed E-state index contributed by atoms with van der Waals surface area (Å²) in [5.74, 6) is 1.11. The van der Waals surface area contributed by atoms with Crippen LogP contribution in [0.1, 0.15) is 5.82 Å². The number of rotatable bonds is 4. The van der Waals surface area contributed by atoms with E-state index in [1.807, 2.05) is 0 Å². The Morgan fingerprint density at radius 2 is 2.17 bits per heavy atom. The standard InChI is InChI=1S/C8H10N2O2/c1-2-8-9-5-7(6-10-8)12-4-3-11/h2,5-6,11H,1,3-4H2. The van der Waals surface area contributed by atoms with Crippen LogP contribution in [-0.2, 0) is 0 Å². The van der Waals surface area contributed by atoms with Crippen LogP contribution >= 0.6 is 0 Å². The van der Waals surface area contributed by atoms with E-state index in [4.69, 9.17) is 9.84 Å². The minimum absolute atomic E-state index is 0.0107. The molecule has 12 heavy (non-hydrogen) atoms. The number of aromatic nitrogens is 2. The van der Waals surface area contributed by atoms with Crippen LogP contribution in [-0.4, -0.2) is 28.3 Å². The van der Waals surface area contributed by atoms with Gasteiger partial charge in [-0.25, -0.2) is 9.97 Å². The molecule has 1 aromatic rings. The highest BCUT2D eigenvalue weighted by molar-refractivity contribution is 5.35. The first-order chi connectivity index (χ1) is 5.86. The third-order valence-electron chi connectivity index (χ3n) is 1.19. The van der Waals surface area contributed by atoms with E-state index < -0.39 is 0 Å². The maximum atomic E-state index is 8.45. The fraction of sp³-hybridized carbons (Fsp3) is 0.250. The smallest absolute Gasteiger partial charge is 0.156 e. The zero-order chi connectivity index (χ0) is 8.81. The summed E-state index contributed by atoms with van der Waals surface area (Å²) in [7, 11) is 0. The van der Waals surface area contributed by atoms with E-state index in [-0.39, 0.29) is 13.2 Å². The van der Waals surface area contributed by atoms with Crippen molar-refractivity contribution in [3.63, 3.8) is 0 Å². The Morgan fingerprint density at radius 1 is 1.50 bits per heavy atom. The molecule has 4 heteroatoms. The topological polar surface area (TPSA) is 55.2 Å². The van der Waals surface area contributed by atoms with Gasteiger partial charge in [-0.05, 0) is 6.08 Å². The fourth-order valence-electron chi connectivity index (χ4n) is 0.670. The molecule has 0 atom stereocenters. The zero-order valence-corrected chi connectivity index (χ0v) is 6.60. The summed E-state index contributed by atoms with van der Waals surface area (Å²) in [5.41, 5.74) is 0. The summed E-state index contributed by atoms with van der Waals surface area (Å²) in [6.07, 6.45) is 4.63. The van der Waals surface area contributed by atoms with Crippen LogP contribution < -0.4 is 4.74 Å². The maximum absolute atomic E-state index is 8.45. The van der Waals surface area contributed by atoms with E-state index in [9.17, 15) is 0 Å². The summed E-state index contributed by atoms with van der Waals surface area (Å²) in [6.45, 7) is 3.77. The van der Waals surface area contributed by atoms with E-state index in [2.05, 4.69) is 16.5 Å². The average molecular weight is 166 g/mol. The maximum Gasteiger partial charge on any atom is 0.156 e. The monoisotopic (exact) mass is 166 g/mol. The number of hydrogen-bond acceptors (Lipinski definition) is 4. The molecule has 0 saturated heterocycles. The predicted molar refractivity (Wildman–Crippen MR) is 44.7 cm³/mol. The molecule has 0 bridgehead atoms. The molecular formula is C8H10N2O2. The lowest BCUT2D eigenvalue weighted by atomic mass is 10.5. The quantitative estimate of drug-likeness (QED) is 0.707. The van der Waals surface area contributed by atoms with Gasteiger partial charge in [-0.2, -0.15) is 0 Å². The first-order valence-corrected chi connectivity index (χ1v) is 3.55. The molecule has 4 nitrogen and oxygen atoms in total. The Balaban J connectivity index is 2.58. The fourth-order valence-corrected chi connectivity index (χ4v) is 0.670. The molecule has 0 radical (unpaired) electrons. The number of ether oxygens (including phenoxy) is 1. The second-order valence-corrected chi connectivity index (χ2v) is 2.05. The summed E-state index contributed by atoms with van der Waals surface area (Å²) in [5, 5.41) is 8.45. The summed E-state index contributed by atoms with van der Waals surface area (Å²) < 4.78 is 5.05. The van der Waals surface area contributed by atoms with E-state index in [0.29, 0.717) is 11.6 Å². The second kappa shape index (κ2) is 4.46. The zero-order valence-electron chi connectivity index (χ0n) is 6.60. The van der Waals surface area contributed by atoms with Gasteiger partial charge < -0.3 is 9.84 Å². The van der Waals surface area contributed by atoms with Crippen LogP contribution in [0.25, 0.3) is 6.08 Å². The first kappa shape index (κ1) is 8.67. The predicted octanol–water partition coefficient (Wildman–Crippen LogP) is 0.491. The van der Waals surface area contributed by atoms with Crippen LogP contribution in [0.3, 0.4) is 0 Å². The van der Waals surface area contributed by atoms with Gasteiger partial charge >= 0.3 is 0 Å². The lowest BCUT2D eigenvalue weighted by Crippen LogP contribution is -2.02. The molecule has 0 aliphatic rings. The van der Waals surface area contributed by atoms with Crippen molar-refractivity contribution < 1.29 is 9.84 Å². The van der Waals surface area contributed by atoms with Crippen LogP contribution in [0.2, 0.25) is 0 Å². The highest BCUT2D eigenvalue weighted by Gasteiger charge is 1.93. The number of aliphatic hydroxyl groups is 1. The van der Waals surface area contributed by atoms with Gasteiger partial charge in [-0.15, -0.1) is 0 Å². The van der Waals surface area contributed by atoms with Crippen LogP contribution in [0.5, 0.6) is 5.75 Å². The molecular weight excluding hydrogens is 156 g/mol. The summed E-state index contributed by atoms with van der Waals surface area (Å²) in [6, 6.07) is 0. The molecule has 0 aliphatic carbocycles. The lowest BCUT2D eigenvalue weighted by Gasteiger charge is -2.01. The Labute approximate surface area is 70.5 Å². The molecule has 64 valence electrons. The molecule has 1 heterocycles. The Hall–Kier alpha value is -1.42. The normalized spacial score (nSPS) is 9.42. The van der Waals surface area contributed by atoms with Crippen LogP contribution in [0.15, 0.2) is 19.0 Å². The van der Waals surface area contributed by atoms with E-state index in [1.54, 1.807) is 18.5 Å². The van der Waals surface area contributed by atoms with Crippen molar-refractivity contribution in [3.8, 4) is 5.75 Å². The van der Waals surface area contributed by atoms with Gasteiger partial charge in [0.2, 0.25) is 0 Å². The molecule has 0 saturated carbocycles. The first-order valence-electron chi connectivity index (χ1n) is 3.55. The van der Waals surface area contributed by atoms with Crippen molar-refractivity contribution >= 4 is 6.08 Å².